The Morgan fingerprint density at radius 1 is 1.41 bits per heavy atom. The normalized spacial score (nSPS) is 13.6. The van der Waals surface area contributed by atoms with Crippen molar-refractivity contribution in [2.75, 3.05) is 12.5 Å². The minimum atomic E-state index is -3.79. The largest absolute Gasteiger partial charge is 0.289 e. The number of hydrogen-bond acceptors (Lipinski definition) is 4. The van der Waals surface area contributed by atoms with E-state index in [1.807, 2.05) is 0 Å². The molecule has 0 saturated carbocycles. The van der Waals surface area contributed by atoms with Gasteiger partial charge in [-0.05, 0) is 45.0 Å². The van der Waals surface area contributed by atoms with E-state index in [1.54, 1.807) is 24.5 Å². The van der Waals surface area contributed by atoms with Crippen LogP contribution in [0, 0.1) is 0 Å². The summed E-state index contributed by atoms with van der Waals surface area (Å²) in [6.07, 6.45) is 3.10. The lowest BCUT2D eigenvalue weighted by molar-refractivity contribution is 0.276. The van der Waals surface area contributed by atoms with Gasteiger partial charge in [-0.15, -0.1) is 3.77 Å². The minimum absolute atomic E-state index is 0.0771. The minimum Gasteiger partial charge on any atom is -0.273 e. The molecule has 0 aliphatic carbocycles. The van der Waals surface area contributed by atoms with Crippen LogP contribution in [0.3, 0.4) is 0 Å². The van der Waals surface area contributed by atoms with Gasteiger partial charge in [0.25, 0.3) is 14.5 Å². The maximum Gasteiger partial charge on any atom is 0.289 e. The molecular formula is C9H10BrNO3S3. The molecule has 0 heterocycles. The van der Waals surface area contributed by atoms with Crippen LogP contribution in [0.15, 0.2) is 37.4 Å². The second-order valence-corrected chi connectivity index (χ2v) is 8.12. The molecule has 1 rings (SSSR count). The lowest BCUT2D eigenvalue weighted by Gasteiger charge is -2.02. The Balaban J connectivity index is 3.23. The molecule has 8 heteroatoms. The number of carbonyl (C=O) groups is 1. The lowest BCUT2D eigenvalue weighted by Crippen LogP contribution is -2.04. The Morgan fingerprint density at radius 3 is 2.53 bits per heavy atom. The molecule has 0 radical (unpaired) electrons. The van der Waals surface area contributed by atoms with E-state index in [0.717, 1.165) is 11.8 Å². The summed E-state index contributed by atoms with van der Waals surface area (Å²) < 4.78 is 27.7. The summed E-state index contributed by atoms with van der Waals surface area (Å²) in [6, 6.07) is 6.38. The summed E-state index contributed by atoms with van der Waals surface area (Å²) in [4.78, 5) is 11.4. The molecule has 1 aromatic rings. The zero-order chi connectivity index (χ0) is 13.1. The Labute approximate surface area is 115 Å². The molecule has 1 atom stereocenters. The smallest absolute Gasteiger partial charge is 0.273 e. The third-order valence-electron chi connectivity index (χ3n) is 1.73. The van der Waals surface area contributed by atoms with Crippen molar-refractivity contribution in [2.45, 2.75) is 4.90 Å². The van der Waals surface area contributed by atoms with Crippen molar-refractivity contribution in [1.29, 1.82) is 0 Å². The first-order valence-corrected chi connectivity index (χ1v) is 9.40. The van der Waals surface area contributed by atoms with Gasteiger partial charge in [0.15, 0.2) is 0 Å². The fourth-order valence-corrected chi connectivity index (χ4v) is 5.44. The van der Waals surface area contributed by atoms with Crippen LogP contribution in [-0.4, -0.2) is 25.4 Å². The highest BCUT2D eigenvalue weighted by Crippen LogP contribution is 2.23. The van der Waals surface area contributed by atoms with Gasteiger partial charge in [0, 0.05) is 10.7 Å². The molecule has 1 aromatic carbocycles. The Hall–Kier alpha value is -0.180. The summed E-state index contributed by atoms with van der Waals surface area (Å²) in [5.41, 5.74) is 0. The van der Waals surface area contributed by atoms with E-state index in [9.17, 15) is 13.2 Å². The van der Waals surface area contributed by atoms with Gasteiger partial charge in [0.05, 0.1) is 0 Å². The molecule has 94 valence electrons. The van der Waals surface area contributed by atoms with Crippen LogP contribution in [-0.2, 0) is 20.7 Å². The van der Waals surface area contributed by atoms with E-state index in [1.165, 1.54) is 12.3 Å². The average molecular weight is 356 g/mol. The highest BCUT2D eigenvalue weighted by molar-refractivity contribution is 9.10. The first kappa shape index (κ1) is 14.9. The number of halogens is 1. The van der Waals surface area contributed by atoms with Crippen LogP contribution < -0.4 is 0 Å². The van der Waals surface area contributed by atoms with Crippen molar-refractivity contribution in [2.24, 2.45) is 3.77 Å². The summed E-state index contributed by atoms with van der Waals surface area (Å²) in [7, 11) is -4.94. The van der Waals surface area contributed by atoms with Gasteiger partial charge in [-0.25, -0.2) is 0 Å². The fourth-order valence-electron chi connectivity index (χ4n) is 0.992. The molecule has 17 heavy (non-hydrogen) atoms. The number of sulfonamides is 1. The Morgan fingerprint density at radius 2 is 2.00 bits per heavy atom. The average Bonchev–Trinajstić information content (AvgIpc) is 2.27. The van der Waals surface area contributed by atoms with Crippen molar-refractivity contribution in [3.8, 4) is 0 Å². The number of rotatable bonds is 2. The molecule has 0 N–H and O–H groups in total. The lowest BCUT2D eigenvalue weighted by atomic mass is 10.4. The summed E-state index contributed by atoms with van der Waals surface area (Å²) in [5.74, 6) is 0. The SMILES string of the molecule is CSC(=O)S(C)=NS(=O)(=O)c1ccccc1Br. The number of hydrogen-bond donors (Lipinski definition) is 0. The van der Waals surface area contributed by atoms with Gasteiger partial charge in [-0.2, -0.15) is 8.42 Å². The first-order chi connectivity index (χ1) is 7.88. The van der Waals surface area contributed by atoms with Crippen molar-refractivity contribution in [1.82, 2.24) is 0 Å². The molecule has 0 aromatic heterocycles. The molecule has 0 aliphatic heterocycles. The maximum atomic E-state index is 11.9. The molecule has 0 fully saturated rings. The van der Waals surface area contributed by atoms with Crippen molar-refractivity contribution >= 4 is 52.9 Å². The van der Waals surface area contributed by atoms with E-state index >= 15 is 0 Å². The molecule has 0 aliphatic rings. The maximum absolute atomic E-state index is 11.9. The summed E-state index contributed by atoms with van der Waals surface area (Å²) >= 11 is 4.13. The number of thioether (sulfide) groups is 1. The zero-order valence-electron chi connectivity index (χ0n) is 9.08. The van der Waals surface area contributed by atoms with E-state index < -0.39 is 20.7 Å². The van der Waals surface area contributed by atoms with Crippen LogP contribution in [0.1, 0.15) is 0 Å². The molecule has 0 spiro atoms. The van der Waals surface area contributed by atoms with Gasteiger partial charge in [-0.3, -0.25) is 4.79 Å². The zero-order valence-corrected chi connectivity index (χ0v) is 13.1. The van der Waals surface area contributed by atoms with Crippen LogP contribution in [0.25, 0.3) is 0 Å². The van der Waals surface area contributed by atoms with Crippen molar-refractivity contribution in [3.63, 3.8) is 0 Å². The van der Waals surface area contributed by atoms with Crippen molar-refractivity contribution in [3.05, 3.63) is 28.7 Å². The van der Waals surface area contributed by atoms with E-state index in [-0.39, 0.29) is 9.34 Å². The molecule has 1 unspecified atom stereocenters. The fraction of sp³-hybridized carbons (Fsp3) is 0.222. The third-order valence-corrected chi connectivity index (χ3v) is 7.32. The molecule has 0 saturated heterocycles. The number of carbonyl (C=O) groups excluding carboxylic acids is 1. The predicted molar refractivity (Wildman–Crippen MR) is 76.0 cm³/mol. The molecule has 4 nitrogen and oxygen atoms in total. The molecule has 0 amide bonds. The van der Waals surface area contributed by atoms with Crippen LogP contribution in [0.5, 0.6) is 0 Å². The highest BCUT2D eigenvalue weighted by atomic mass is 79.9. The molecule has 0 bridgehead atoms. The van der Waals surface area contributed by atoms with Crippen LogP contribution in [0.4, 0.5) is 4.79 Å². The third kappa shape index (κ3) is 3.90. The van der Waals surface area contributed by atoms with Crippen molar-refractivity contribution < 1.29 is 13.2 Å². The summed E-state index contributed by atoms with van der Waals surface area (Å²) in [5, 5.41) is 0. The van der Waals surface area contributed by atoms with E-state index in [4.69, 9.17) is 0 Å². The van der Waals surface area contributed by atoms with Gasteiger partial charge in [0.1, 0.15) is 4.90 Å². The van der Waals surface area contributed by atoms with Crippen LogP contribution in [0.2, 0.25) is 0 Å². The monoisotopic (exact) mass is 355 g/mol. The van der Waals surface area contributed by atoms with Gasteiger partial charge < -0.3 is 0 Å². The number of nitrogens with zero attached hydrogens (tertiary/aromatic N) is 1. The highest BCUT2D eigenvalue weighted by Gasteiger charge is 2.17. The Bertz CT molecular complexity index is 569. The predicted octanol–water partition coefficient (Wildman–Crippen LogP) is 3.05. The summed E-state index contributed by atoms with van der Waals surface area (Å²) in [6.45, 7) is 0. The second kappa shape index (κ2) is 6.12. The Kier molecular flexibility index (Phi) is 5.36. The van der Waals surface area contributed by atoms with Gasteiger partial charge in [0.2, 0.25) is 0 Å². The van der Waals surface area contributed by atoms with Gasteiger partial charge >= 0.3 is 0 Å². The second-order valence-electron chi connectivity index (χ2n) is 2.91. The topological polar surface area (TPSA) is 63.6 Å². The number of benzene rings is 1. The van der Waals surface area contributed by atoms with E-state index in [0.29, 0.717) is 4.47 Å². The molecular weight excluding hydrogens is 346 g/mol. The van der Waals surface area contributed by atoms with E-state index in [2.05, 4.69) is 19.7 Å². The van der Waals surface area contributed by atoms with Crippen LogP contribution >= 0.6 is 27.7 Å². The van der Waals surface area contributed by atoms with Gasteiger partial charge in [-0.1, -0.05) is 23.9 Å². The first-order valence-electron chi connectivity index (χ1n) is 4.35. The quantitative estimate of drug-likeness (QED) is 0.817. The standard InChI is InChI=1S/C9H10BrNO3S3/c1-15-9(12)16(2)11-17(13,14)8-6-4-3-5-7(8)10/h3-6H,1-2H3.